The molecule has 8 heteroatoms. The van der Waals surface area contributed by atoms with Crippen LogP contribution in [0.25, 0.3) is 0 Å². The molecule has 1 amide bonds. The summed E-state index contributed by atoms with van der Waals surface area (Å²) in [5.41, 5.74) is 2.58. The maximum Gasteiger partial charge on any atom is 0.281 e. The van der Waals surface area contributed by atoms with Crippen LogP contribution in [0.5, 0.6) is 5.75 Å². The third-order valence-corrected chi connectivity index (χ3v) is 3.70. The van der Waals surface area contributed by atoms with Gasteiger partial charge in [0, 0.05) is 11.1 Å². The smallest absolute Gasteiger partial charge is 0.281 e. The van der Waals surface area contributed by atoms with Crippen LogP contribution in [0.3, 0.4) is 0 Å². The minimum absolute atomic E-state index is 0.0898. The Kier molecular flexibility index (Phi) is 7.11. The average Bonchev–Trinajstić information content (AvgIpc) is 2.63. The number of ether oxygens (including phenoxy) is 1. The normalized spacial score (nSPS) is 11.9. The molecule has 0 spiro atoms. The number of nitrogens with zero attached hydrogens (tertiary/aromatic N) is 2. The lowest BCUT2D eigenvalue weighted by atomic mass is 10.2. The predicted octanol–water partition coefficient (Wildman–Crippen LogP) is 3.95. The van der Waals surface area contributed by atoms with Crippen molar-refractivity contribution in [3.8, 4) is 5.75 Å². The van der Waals surface area contributed by atoms with Gasteiger partial charge in [-0.15, -0.1) is 0 Å². The molecule has 0 aromatic heterocycles. The Balaban J connectivity index is 2.03. The molecule has 136 valence electrons. The van der Waals surface area contributed by atoms with Crippen LogP contribution in [0.2, 0.25) is 5.02 Å². The number of nitrogens with one attached hydrogen (secondary N) is 1. The summed E-state index contributed by atoms with van der Waals surface area (Å²) in [6.45, 7) is 1.93. The van der Waals surface area contributed by atoms with Gasteiger partial charge in [0.25, 0.3) is 11.6 Å². The summed E-state index contributed by atoms with van der Waals surface area (Å²) >= 11 is 5.83. The summed E-state index contributed by atoms with van der Waals surface area (Å²) in [5, 5.41) is 15.4. The molecular formula is C18H18ClN3O4. The zero-order valence-corrected chi connectivity index (χ0v) is 14.8. The number of rotatable bonds is 8. The largest absolute Gasteiger partial charge is 0.481 e. The number of hydrazone groups is 1. The van der Waals surface area contributed by atoms with Gasteiger partial charge in [-0.3, -0.25) is 14.9 Å². The number of hydrogen-bond acceptors (Lipinski definition) is 5. The van der Waals surface area contributed by atoms with E-state index >= 15 is 0 Å². The first-order chi connectivity index (χ1) is 12.5. The maximum absolute atomic E-state index is 12.3. The lowest BCUT2D eigenvalue weighted by Crippen LogP contribution is -2.35. The van der Waals surface area contributed by atoms with Crippen molar-refractivity contribution in [3.63, 3.8) is 0 Å². The highest BCUT2D eigenvalue weighted by Gasteiger charge is 2.19. The molecule has 1 unspecified atom stereocenters. The molecule has 1 N–H and O–H groups in total. The quantitative estimate of drug-likeness (QED) is 0.429. The van der Waals surface area contributed by atoms with Crippen molar-refractivity contribution in [3.05, 3.63) is 69.2 Å². The topological polar surface area (TPSA) is 93.8 Å². The molecule has 0 saturated heterocycles. The van der Waals surface area contributed by atoms with E-state index in [0.29, 0.717) is 22.8 Å². The number of amides is 1. The molecule has 2 aromatic rings. The van der Waals surface area contributed by atoms with Gasteiger partial charge in [-0.05, 0) is 36.8 Å². The lowest BCUT2D eigenvalue weighted by Gasteiger charge is -2.16. The molecule has 0 radical (unpaired) electrons. The minimum atomic E-state index is -0.732. The molecule has 1 atom stereocenters. The molecule has 0 bridgehead atoms. The average molecular weight is 376 g/mol. The van der Waals surface area contributed by atoms with Crippen LogP contribution in [0, 0.1) is 10.1 Å². The fraction of sp³-hybridized carbons (Fsp3) is 0.222. The molecule has 2 rings (SSSR count). The molecule has 26 heavy (non-hydrogen) atoms. The van der Waals surface area contributed by atoms with Gasteiger partial charge in [0.2, 0.25) is 0 Å². The van der Waals surface area contributed by atoms with E-state index in [1.165, 1.54) is 12.3 Å². The molecule has 0 saturated carbocycles. The van der Waals surface area contributed by atoms with Crippen molar-refractivity contribution in [2.75, 3.05) is 0 Å². The van der Waals surface area contributed by atoms with Gasteiger partial charge in [0.15, 0.2) is 6.10 Å². The second-order valence-electron chi connectivity index (χ2n) is 5.40. The van der Waals surface area contributed by atoms with Gasteiger partial charge in [-0.1, -0.05) is 37.1 Å². The van der Waals surface area contributed by atoms with Crippen molar-refractivity contribution in [2.24, 2.45) is 5.10 Å². The van der Waals surface area contributed by atoms with Crippen molar-refractivity contribution in [1.82, 2.24) is 5.43 Å². The van der Waals surface area contributed by atoms with Gasteiger partial charge < -0.3 is 4.74 Å². The number of nitro benzene ring substituents is 1. The van der Waals surface area contributed by atoms with Gasteiger partial charge >= 0.3 is 0 Å². The molecule has 0 fully saturated rings. The zero-order valence-electron chi connectivity index (χ0n) is 14.1. The van der Waals surface area contributed by atoms with E-state index in [0.717, 1.165) is 6.42 Å². The number of benzene rings is 2. The van der Waals surface area contributed by atoms with Crippen molar-refractivity contribution >= 4 is 29.4 Å². The van der Waals surface area contributed by atoms with Crippen molar-refractivity contribution < 1.29 is 14.5 Å². The lowest BCUT2D eigenvalue weighted by molar-refractivity contribution is -0.385. The molecule has 7 nitrogen and oxygen atoms in total. The van der Waals surface area contributed by atoms with Crippen LogP contribution in [0.1, 0.15) is 25.3 Å². The van der Waals surface area contributed by atoms with E-state index in [1.54, 1.807) is 42.5 Å². The van der Waals surface area contributed by atoms with E-state index in [-0.39, 0.29) is 5.69 Å². The first kappa shape index (κ1) is 19.4. The highest BCUT2D eigenvalue weighted by molar-refractivity contribution is 6.30. The van der Waals surface area contributed by atoms with E-state index in [4.69, 9.17) is 16.3 Å². The molecule has 2 aromatic carbocycles. The Hall–Kier alpha value is -2.93. The molecule has 0 heterocycles. The number of nitro groups is 1. The second kappa shape index (κ2) is 9.53. The summed E-state index contributed by atoms with van der Waals surface area (Å²) in [6, 6.07) is 12.8. The Morgan fingerprint density at radius 1 is 1.31 bits per heavy atom. The van der Waals surface area contributed by atoms with Crippen LogP contribution in [0.15, 0.2) is 53.6 Å². The Morgan fingerprint density at radius 2 is 2.00 bits per heavy atom. The summed E-state index contributed by atoms with van der Waals surface area (Å²) < 4.78 is 5.68. The van der Waals surface area contributed by atoms with Gasteiger partial charge in [-0.25, -0.2) is 5.43 Å². The van der Waals surface area contributed by atoms with E-state index in [2.05, 4.69) is 10.5 Å². The minimum Gasteiger partial charge on any atom is -0.481 e. The van der Waals surface area contributed by atoms with E-state index < -0.39 is 16.9 Å². The predicted molar refractivity (Wildman–Crippen MR) is 99.6 cm³/mol. The highest BCUT2D eigenvalue weighted by atomic mass is 35.5. The SMILES string of the molecule is CCCC(Oc1ccc(Cl)cc1)C(=O)NN=Cc1ccccc1[N+](=O)[O-]. The number of carbonyl (C=O) groups is 1. The molecule has 0 aliphatic rings. The Morgan fingerprint density at radius 3 is 2.65 bits per heavy atom. The van der Waals surface area contributed by atoms with Crippen LogP contribution < -0.4 is 10.2 Å². The van der Waals surface area contributed by atoms with E-state index in [1.807, 2.05) is 6.92 Å². The molecule has 0 aliphatic heterocycles. The monoisotopic (exact) mass is 375 g/mol. The third-order valence-electron chi connectivity index (χ3n) is 3.45. The van der Waals surface area contributed by atoms with Crippen molar-refractivity contribution in [2.45, 2.75) is 25.9 Å². The maximum atomic E-state index is 12.3. The highest BCUT2D eigenvalue weighted by Crippen LogP contribution is 2.18. The van der Waals surface area contributed by atoms with Gasteiger partial charge in [0.05, 0.1) is 16.7 Å². The summed E-state index contributed by atoms with van der Waals surface area (Å²) in [4.78, 5) is 22.8. The van der Waals surface area contributed by atoms with Gasteiger partial charge in [-0.2, -0.15) is 5.10 Å². The summed E-state index contributed by atoms with van der Waals surface area (Å²) in [7, 11) is 0. The number of carbonyl (C=O) groups excluding carboxylic acids is 1. The first-order valence-corrected chi connectivity index (χ1v) is 8.37. The first-order valence-electron chi connectivity index (χ1n) is 7.99. The summed E-state index contributed by atoms with van der Waals surface area (Å²) in [5.74, 6) is 0.0855. The van der Waals surface area contributed by atoms with Crippen LogP contribution >= 0.6 is 11.6 Å². The third kappa shape index (κ3) is 5.56. The van der Waals surface area contributed by atoms with Crippen LogP contribution in [0.4, 0.5) is 5.69 Å². The standard InChI is InChI=1S/C18H18ClN3O4/c1-2-5-17(26-15-10-8-14(19)9-11-15)18(23)21-20-12-13-6-3-4-7-16(13)22(24)25/h3-4,6-12,17H,2,5H2,1H3,(H,21,23). The zero-order chi connectivity index (χ0) is 18.9. The second-order valence-corrected chi connectivity index (χ2v) is 5.84. The van der Waals surface area contributed by atoms with Crippen LogP contribution in [-0.4, -0.2) is 23.1 Å². The van der Waals surface area contributed by atoms with Crippen molar-refractivity contribution in [1.29, 1.82) is 0 Å². The molecular weight excluding hydrogens is 358 g/mol. The Labute approximate surface area is 155 Å². The van der Waals surface area contributed by atoms with Gasteiger partial charge in [0.1, 0.15) is 5.75 Å². The fourth-order valence-corrected chi connectivity index (χ4v) is 2.31. The summed E-state index contributed by atoms with van der Waals surface area (Å²) in [6.07, 6.45) is 1.74. The number of para-hydroxylation sites is 1. The van der Waals surface area contributed by atoms with Crippen LogP contribution in [-0.2, 0) is 4.79 Å². The molecule has 0 aliphatic carbocycles. The van der Waals surface area contributed by atoms with E-state index in [9.17, 15) is 14.9 Å². The fourth-order valence-electron chi connectivity index (χ4n) is 2.18. The number of hydrogen-bond donors (Lipinski definition) is 1. The number of halogens is 1. The Bertz CT molecular complexity index is 793.